The van der Waals surface area contributed by atoms with Crippen LogP contribution in [0.2, 0.25) is 10.0 Å². The minimum absolute atomic E-state index is 0.0662. The number of halogens is 3. The van der Waals surface area contributed by atoms with Crippen molar-refractivity contribution in [3.05, 3.63) is 82.6 Å². The summed E-state index contributed by atoms with van der Waals surface area (Å²) in [6.07, 6.45) is 2.82. The zero-order valence-electron chi connectivity index (χ0n) is 19.3. The molecule has 180 valence electrons. The van der Waals surface area contributed by atoms with E-state index in [9.17, 15) is 9.18 Å². The van der Waals surface area contributed by atoms with Gasteiger partial charge in [-0.15, -0.1) is 6.58 Å². The smallest absolute Gasteiger partial charge is 0.252 e. The molecule has 0 spiro atoms. The highest BCUT2D eigenvalue weighted by Crippen LogP contribution is 2.33. The number of hydrogen-bond donors (Lipinski definition) is 0. The summed E-state index contributed by atoms with van der Waals surface area (Å²) < 4.78 is 18.0. The van der Waals surface area contributed by atoms with E-state index in [1.165, 1.54) is 12.1 Å². The first-order valence-corrected chi connectivity index (χ1v) is 12.9. The third-order valence-electron chi connectivity index (χ3n) is 5.23. The van der Waals surface area contributed by atoms with Crippen LogP contribution in [0.1, 0.15) is 45.2 Å². The number of nitrogens with zero attached hydrogens (tertiary/aromatic N) is 1. The van der Waals surface area contributed by atoms with E-state index in [-0.39, 0.29) is 23.8 Å². The molecule has 33 heavy (non-hydrogen) atoms. The quantitative estimate of drug-likeness (QED) is 0.342. The Morgan fingerprint density at radius 1 is 1.21 bits per heavy atom. The van der Waals surface area contributed by atoms with Crippen LogP contribution in [0.3, 0.4) is 0 Å². The lowest BCUT2D eigenvalue weighted by Crippen LogP contribution is -2.54. The Labute approximate surface area is 211 Å². The second-order valence-electron chi connectivity index (χ2n) is 8.04. The van der Waals surface area contributed by atoms with E-state index in [0.717, 1.165) is 17.7 Å². The largest absolute Gasteiger partial charge is 0.366 e. The van der Waals surface area contributed by atoms with Crippen LogP contribution in [0.4, 0.5) is 4.39 Å². The van der Waals surface area contributed by atoms with Crippen molar-refractivity contribution in [2.45, 2.75) is 57.1 Å². The summed E-state index contributed by atoms with van der Waals surface area (Å²) >= 11 is 13.3. The molecule has 2 aromatic carbocycles. The van der Waals surface area contributed by atoms with E-state index >= 15 is 0 Å². The first kappa shape index (κ1) is 27.7. The Morgan fingerprint density at radius 2 is 1.91 bits per heavy atom. The number of hydrogen-bond acceptors (Lipinski definition) is 3. The number of thioether (sulfide) groups is 1. The second kappa shape index (κ2) is 14.0. The van der Waals surface area contributed by atoms with Gasteiger partial charge in [-0.05, 0) is 47.6 Å². The lowest BCUT2D eigenvalue weighted by Gasteiger charge is -2.44. The molecule has 3 rings (SSSR count). The van der Waals surface area contributed by atoms with Crippen molar-refractivity contribution < 1.29 is 13.9 Å². The van der Waals surface area contributed by atoms with E-state index in [1.54, 1.807) is 18.2 Å². The van der Waals surface area contributed by atoms with Gasteiger partial charge in [0.2, 0.25) is 0 Å². The van der Waals surface area contributed by atoms with Gasteiger partial charge in [-0.2, -0.15) is 11.8 Å². The summed E-state index contributed by atoms with van der Waals surface area (Å²) in [5, 5.41) is 1.68. The number of carbonyl (C=O) groups excluding carboxylic acids is 1. The Balaban J connectivity index is 0.000000405. The Hall–Kier alpha value is -1.53. The summed E-state index contributed by atoms with van der Waals surface area (Å²) in [7, 11) is 0. The van der Waals surface area contributed by atoms with Gasteiger partial charge in [-0.3, -0.25) is 4.79 Å². The standard InChI is InChI=1S/C20H28ClNO2S.C6H4ClF/c1-5-7-19-20(23)22(17(6-2)13-25-14(3)4)18(12-24-19)15-8-10-16(21)11-9-15;7-5-2-1-3-6(8)4-5/h5,8-11,14,17-19H,1,6-7,12-13H2,2-4H3;1-4H/t17-,18-,19?;/m0./s1. The van der Waals surface area contributed by atoms with Crippen LogP contribution in [0.25, 0.3) is 0 Å². The first-order chi connectivity index (χ1) is 15.8. The summed E-state index contributed by atoms with van der Waals surface area (Å²) in [5.74, 6) is 0.713. The second-order valence-corrected chi connectivity index (χ2v) is 10.5. The maximum Gasteiger partial charge on any atom is 0.252 e. The molecule has 1 aliphatic rings. The van der Waals surface area contributed by atoms with Gasteiger partial charge >= 0.3 is 0 Å². The van der Waals surface area contributed by atoms with Gasteiger partial charge in [0.25, 0.3) is 5.91 Å². The van der Waals surface area contributed by atoms with Crippen molar-refractivity contribution in [3.63, 3.8) is 0 Å². The van der Waals surface area contributed by atoms with E-state index < -0.39 is 6.10 Å². The lowest BCUT2D eigenvalue weighted by atomic mass is 9.99. The number of morpholine rings is 1. The van der Waals surface area contributed by atoms with Crippen molar-refractivity contribution >= 4 is 40.9 Å². The van der Waals surface area contributed by atoms with Crippen molar-refractivity contribution in [2.75, 3.05) is 12.4 Å². The molecule has 1 saturated heterocycles. The van der Waals surface area contributed by atoms with E-state index in [4.69, 9.17) is 27.9 Å². The number of amides is 1. The molecule has 1 aliphatic heterocycles. The van der Waals surface area contributed by atoms with Gasteiger partial charge < -0.3 is 9.64 Å². The molecule has 1 unspecified atom stereocenters. The van der Waals surface area contributed by atoms with Crippen molar-refractivity contribution in [1.29, 1.82) is 0 Å². The third-order valence-corrected chi connectivity index (χ3v) is 6.96. The van der Waals surface area contributed by atoms with E-state index in [2.05, 4.69) is 32.3 Å². The zero-order chi connectivity index (χ0) is 24.4. The minimum Gasteiger partial charge on any atom is -0.366 e. The third kappa shape index (κ3) is 8.64. The maximum absolute atomic E-state index is 13.1. The molecule has 1 heterocycles. The molecule has 0 radical (unpaired) electrons. The average molecular weight is 513 g/mol. The maximum atomic E-state index is 13.1. The number of carbonyl (C=O) groups is 1. The normalized spacial score (nSPS) is 19.1. The van der Waals surface area contributed by atoms with Gasteiger partial charge in [0, 0.05) is 28.3 Å². The molecular formula is C26H32Cl2FNO2S. The molecule has 0 saturated carbocycles. The van der Waals surface area contributed by atoms with E-state index in [0.29, 0.717) is 28.3 Å². The predicted octanol–water partition coefficient (Wildman–Crippen LogP) is 7.58. The topological polar surface area (TPSA) is 29.5 Å². The van der Waals surface area contributed by atoms with Gasteiger partial charge in [0.15, 0.2) is 0 Å². The van der Waals surface area contributed by atoms with Gasteiger partial charge in [0.1, 0.15) is 11.9 Å². The van der Waals surface area contributed by atoms with Crippen LogP contribution in [0.5, 0.6) is 0 Å². The molecule has 1 fully saturated rings. The molecular weight excluding hydrogens is 480 g/mol. The van der Waals surface area contributed by atoms with Gasteiger partial charge in [0.05, 0.1) is 12.6 Å². The van der Waals surface area contributed by atoms with Crippen LogP contribution >= 0.6 is 35.0 Å². The Morgan fingerprint density at radius 3 is 2.42 bits per heavy atom. The average Bonchev–Trinajstić information content (AvgIpc) is 2.77. The van der Waals surface area contributed by atoms with Crippen LogP contribution < -0.4 is 0 Å². The molecule has 0 aromatic heterocycles. The highest BCUT2D eigenvalue weighted by Gasteiger charge is 2.39. The van der Waals surface area contributed by atoms with Gasteiger partial charge in [-0.1, -0.05) is 68.2 Å². The molecule has 3 nitrogen and oxygen atoms in total. The summed E-state index contributed by atoms with van der Waals surface area (Å²) in [6.45, 7) is 10.8. The van der Waals surface area contributed by atoms with Gasteiger partial charge in [-0.25, -0.2) is 4.39 Å². The molecule has 0 aliphatic carbocycles. The fourth-order valence-corrected chi connectivity index (χ4v) is 4.84. The van der Waals surface area contributed by atoms with Crippen molar-refractivity contribution in [3.8, 4) is 0 Å². The van der Waals surface area contributed by atoms with Crippen molar-refractivity contribution in [2.24, 2.45) is 0 Å². The number of ether oxygens (including phenoxy) is 1. The first-order valence-electron chi connectivity index (χ1n) is 11.1. The summed E-state index contributed by atoms with van der Waals surface area (Å²) in [4.78, 5) is 15.2. The van der Waals surface area contributed by atoms with Crippen LogP contribution in [0, 0.1) is 5.82 Å². The zero-order valence-corrected chi connectivity index (χ0v) is 21.7. The number of rotatable bonds is 8. The number of benzene rings is 2. The molecule has 2 aromatic rings. The minimum atomic E-state index is -0.417. The monoisotopic (exact) mass is 511 g/mol. The lowest BCUT2D eigenvalue weighted by molar-refractivity contribution is -0.163. The fraction of sp³-hybridized carbons (Fsp3) is 0.423. The highest BCUT2D eigenvalue weighted by atomic mass is 35.5. The Kier molecular flexibility index (Phi) is 11.8. The molecule has 1 amide bonds. The fourth-order valence-electron chi connectivity index (χ4n) is 3.53. The highest BCUT2D eigenvalue weighted by molar-refractivity contribution is 7.99. The van der Waals surface area contributed by atoms with Crippen LogP contribution in [-0.2, 0) is 9.53 Å². The van der Waals surface area contributed by atoms with Crippen LogP contribution in [0.15, 0.2) is 61.2 Å². The summed E-state index contributed by atoms with van der Waals surface area (Å²) in [5.41, 5.74) is 1.07. The van der Waals surface area contributed by atoms with Crippen molar-refractivity contribution in [1.82, 2.24) is 4.90 Å². The molecule has 3 atom stereocenters. The van der Waals surface area contributed by atoms with E-state index in [1.807, 2.05) is 36.0 Å². The molecule has 7 heteroatoms. The SMILES string of the molecule is C=CCC1OC[C@@H](c2ccc(Cl)cc2)N([C@@H](CC)CSC(C)C)C1=O.Fc1cccc(Cl)c1. The Bertz CT molecular complexity index is 877. The van der Waals surface area contributed by atoms with Crippen LogP contribution in [-0.4, -0.2) is 40.6 Å². The molecule has 0 N–H and O–H groups in total. The predicted molar refractivity (Wildman–Crippen MR) is 139 cm³/mol. The molecule has 0 bridgehead atoms. The summed E-state index contributed by atoms with van der Waals surface area (Å²) in [6, 6.07) is 13.7.